The Kier molecular flexibility index (Phi) is 6.96. The van der Waals surface area contributed by atoms with E-state index in [1.165, 1.54) is 6.26 Å². The Morgan fingerprint density at radius 3 is 2.21 bits per heavy atom. The van der Waals surface area contributed by atoms with E-state index in [1.54, 1.807) is 19.1 Å². The number of hydrogen-bond acceptors (Lipinski definition) is 5. The Labute approximate surface area is 196 Å². The largest absolute Gasteiger partial charge is 0.481 e. The first-order chi connectivity index (χ1) is 16.4. The van der Waals surface area contributed by atoms with Crippen molar-refractivity contribution in [3.8, 4) is 11.1 Å². The topological polar surface area (TPSA) is 118 Å². The number of nitrogens with one attached hydrogen (secondary N) is 2. The molecule has 8 heteroatoms. The molecule has 1 heterocycles. The van der Waals surface area contributed by atoms with Gasteiger partial charge in [0.1, 0.15) is 18.4 Å². The fourth-order valence-corrected chi connectivity index (χ4v) is 4.24. The van der Waals surface area contributed by atoms with Crippen LogP contribution in [0.3, 0.4) is 0 Å². The normalized spacial score (nSPS) is 13.9. The number of ether oxygens (including phenoxy) is 1. The Bertz CT molecular complexity index is 1130. The van der Waals surface area contributed by atoms with Crippen molar-refractivity contribution in [2.75, 3.05) is 6.61 Å². The minimum Gasteiger partial charge on any atom is -0.481 e. The second-order valence-electron chi connectivity index (χ2n) is 8.20. The smallest absolute Gasteiger partial charge is 0.407 e. The van der Waals surface area contributed by atoms with Gasteiger partial charge in [-0.2, -0.15) is 0 Å². The van der Waals surface area contributed by atoms with Crippen LogP contribution in [0.4, 0.5) is 4.79 Å². The molecule has 34 heavy (non-hydrogen) atoms. The second-order valence-corrected chi connectivity index (χ2v) is 8.20. The summed E-state index contributed by atoms with van der Waals surface area (Å²) in [5, 5.41) is 14.3. The van der Waals surface area contributed by atoms with Crippen LogP contribution >= 0.6 is 0 Å². The van der Waals surface area contributed by atoms with Gasteiger partial charge in [-0.15, -0.1) is 0 Å². The molecule has 1 aromatic heterocycles. The summed E-state index contributed by atoms with van der Waals surface area (Å²) in [6, 6.07) is 17.9. The van der Waals surface area contributed by atoms with Gasteiger partial charge in [-0.3, -0.25) is 9.59 Å². The lowest BCUT2D eigenvalue weighted by molar-refractivity contribution is -0.137. The molecule has 0 saturated heterocycles. The molecule has 2 amide bonds. The highest BCUT2D eigenvalue weighted by Crippen LogP contribution is 2.44. The number of rotatable bonds is 9. The first-order valence-electron chi connectivity index (χ1n) is 11.1. The highest BCUT2D eigenvalue weighted by Gasteiger charge is 2.30. The summed E-state index contributed by atoms with van der Waals surface area (Å²) in [5.41, 5.74) is 4.36. The molecule has 0 radical (unpaired) electrons. The van der Waals surface area contributed by atoms with E-state index in [4.69, 9.17) is 14.3 Å². The Hall–Kier alpha value is -4.07. The van der Waals surface area contributed by atoms with Crippen molar-refractivity contribution in [1.29, 1.82) is 0 Å². The molecule has 0 aliphatic heterocycles. The van der Waals surface area contributed by atoms with Crippen LogP contribution in [0.25, 0.3) is 11.1 Å². The van der Waals surface area contributed by atoms with Crippen molar-refractivity contribution in [2.24, 2.45) is 0 Å². The summed E-state index contributed by atoms with van der Waals surface area (Å²) in [6.07, 6.45) is 0.361. The van der Waals surface area contributed by atoms with Crippen LogP contribution in [0, 0.1) is 0 Å². The standard InChI is InChI=1S/C26H26N2O6/c1-16(23-11-6-14-33-23)27-25(31)22(12-13-24(29)30)28-26(32)34-15-21-19-9-4-2-7-17(19)18-8-3-5-10-20(18)21/h2-11,14,16,21-22H,12-13,15H2,1H3,(H,27,31)(H,28,32)(H,29,30)/t16-,22?/m1/s1. The van der Waals surface area contributed by atoms with Gasteiger partial charge in [-0.05, 0) is 47.7 Å². The van der Waals surface area contributed by atoms with Gasteiger partial charge in [-0.25, -0.2) is 4.79 Å². The first kappa shape index (κ1) is 23.1. The summed E-state index contributed by atoms with van der Waals surface area (Å²) >= 11 is 0. The van der Waals surface area contributed by atoms with Gasteiger partial charge in [0.25, 0.3) is 0 Å². The van der Waals surface area contributed by atoms with E-state index in [2.05, 4.69) is 10.6 Å². The van der Waals surface area contributed by atoms with Gasteiger partial charge in [0, 0.05) is 12.3 Å². The third-order valence-electron chi connectivity index (χ3n) is 5.93. The molecular weight excluding hydrogens is 436 g/mol. The second kappa shape index (κ2) is 10.2. The van der Waals surface area contributed by atoms with E-state index >= 15 is 0 Å². The van der Waals surface area contributed by atoms with Crippen LogP contribution in [0.5, 0.6) is 0 Å². The minimum absolute atomic E-state index is 0.0732. The number of benzene rings is 2. The van der Waals surface area contributed by atoms with E-state index in [0.29, 0.717) is 5.76 Å². The van der Waals surface area contributed by atoms with Crippen LogP contribution in [0.15, 0.2) is 71.3 Å². The Morgan fingerprint density at radius 1 is 0.971 bits per heavy atom. The van der Waals surface area contributed by atoms with E-state index < -0.39 is 30.1 Å². The molecule has 0 bridgehead atoms. The lowest BCUT2D eigenvalue weighted by Crippen LogP contribution is -2.47. The number of fused-ring (bicyclic) bond motifs is 3. The molecule has 0 spiro atoms. The number of carbonyl (C=O) groups is 3. The number of aliphatic carboxylic acids is 1. The van der Waals surface area contributed by atoms with Gasteiger partial charge in [0.2, 0.25) is 5.91 Å². The number of alkyl carbamates (subject to hydrolysis) is 1. The lowest BCUT2D eigenvalue weighted by atomic mass is 9.98. The van der Waals surface area contributed by atoms with E-state index in [-0.39, 0.29) is 25.4 Å². The average Bonchev–Trinajstić information content (AvgIpc) is 3.47. The molecule has 2 atom stereocenters. The zero-order valence-corrected chi connectivity index (χ0v) is 18.7. The van der Waals surface area contributed by atoms with Crippen molar-refractivity contribution in [3.63, 3.8) is 0 Å². The number of amides is 2. The van der Waals surface area contributed by atoms with E-state index in [0.717, 1.165) is 22.3 Å². The van der Waals surface area contributed by atoms with Crippen LogP contribution in [0.2, 0.25) is 0 Å². The molecule has 4 rings (SSSR count). The number of carbonyl (C=O) groups excluding carboxylic acids is 2. The third-order valence-corrected chi connectivity index (χ3v) is 5.93. The number of carboxylic acids is 1. The third kappa shape index (κ3) is 5.11. The zero-order chi connectivity index (χ0) is 24.1. The van der Waals surface area contributed by atoms with Gasteiger partial charge >= 0.3 is 12.1 Å². The number of hydrogen-bond donors (Lipinski definition) is 3. The summed E-state index contributed by atoms with van der Waals surface area (Å²) in [6.45, 7) is 1.83. The molecule has 1 unspecified atom stereocenters. The fourth-order valence-electron chi connectivity index (χ4n) is 4.24. The van der Waals surface area contributed by atoms with Crippen LogP contribution < -0.4 is 10.6 Å². The summed E-state index contributed by atoms with van der Waals surface area (Å²) in [4.78, 5) is 36.5. The van der Waals surface area contributed by atoms with Gasteiger partial charge in [-0.1, -0.05) is 48.5 Å². The molecule has 2 aromatic carbocycles. The quantitative estimate of drug-likeness (QED) is 0.438. The van der Waals surface area contributed by atoms with E-state index in [9.17, 15) is 14.4 Å². The van der Waals surface area contributed by atoms with Crippen molar-refractivity contribution < 1.29 is 28.6 Å². The predicted molar refractivity (Wildman–Crippen MR) is 124 cm³/mol. The molecule has 8 nitrogen and oxygen atoms in total. The Balaban J connectivity index is 1.41. The molecule has 0 fully saturated rings. The number of carboxylic acid groups (broad SMARTS) is 1. The van der Waals surface area contributed by atoms with Crippen molar-refractivity contribution in [2.45, 2.75) is 37.8 Å². The fraction of sp³-hybridized carbons (Fsp3) is 0.269. The maximum Gasteiger partial charge on any atom is 0.407 e. The summed E-state index contributed by atoms with van der Waals surface area (Å²) < 4.78 is 10.8. The first-order valence-corrected chi connectivity index (χ1v) is 11.1. The van der Waals surface area contributed by atoms with Crippen LogP contribution in [-0.4, -0.2) is 35.7 Å². The number of furan rings is 1. The van der Waals surface area contributed by atoms with Gasteiger partial charge in [0.15, 0.2) is 0 Å². The minimum atomic E-state index is -1.07. The van der Waals surface area contributed by atoms with Crippen LogP contribution in [-0.2, 0) is 14.3 Å². The highest BCUT2D eigenvalue weighted by atomic mass is 16.5. The molecular formula is C26H26N2O6. The molecule has 3 aromatic rings. The molecule has 1 aliphatic rings. The highest BCUT2D eigenvalue weighted by molar-refractivity contribution is 5.86. The molecule has 1 aliphatic carbocycles. The van der Waals surface area contributed by atoms with Gasteiger partial charge < -0.3 is 24.9 Å². The lowest BCUT2D eigenvalue weighted by Gasteiger charge is -2.21. The van der Waals surface area contributed by atoms with Crippen molar-refractivity contribution in [3.05, 3.63) is 83.8 Å². The maximum atomic E-state index is 12.8. The monoisotopic (exact) mass is 462 g/mol. The van der Waals surface area contributed by atoms with E-state index in [1.807, 2.05) is 48.5 Å². The average molecular weight is 463 g/mol. The molecule has 0 saturated carbocycles. The van der Waals surface area contributed by atoms with Gasteiger partial charge in [0.05, 0.1) is 12.3 Å². The Morgan fingerprint density at radius 2 is 1.62 bits per heavy atom. The predicted octanol–water partition coefficient (Wildman–Crippen LogP) is 4.23. The summed E-state index contributed by atoms with van der Waals surface area (Å²) in [7, 11) is 0. The zero-order valence-electron chi connectivity index (χ0n) is 18.7. The van der Waals surface area contributed by atoms with Crippen LogP contribution in [0.1, 0.15) is 48.6 Å². The molecule has 176 valence electrons. The maximum absolute atomic E-state index is 12.8. The SMILES string of the molecule is C[C@@H](NC(=O)C(CCC(=O)O)NC(=O)OCC1c2ccccc2-c2ccccc21)c1ccco1. The summed E-state index contributed by atoms with van der Waals surface area (Å²) in [5.74, 6) is -1.15. The molecule has 3 N–H and O–H groups in total. The van der Waals surface area contributed by atoms with Crippen molar-refractivity contribution >= 4 is 18.0 Å². The van der Waals surface area contributed by atoms with Crippen molar-refractivity contribution in [1.82, 2.24) is 10.6 Å².